The second kappa shape index (κ2) is 14.6. The van der Waals surface area contributed by atoms with Crippen molar-refractivity contribution in [3.8, 4) is 11.1 Å². The highest BCUT2D eigenvalue weighted by Gasteiger charge is 2.29. The van der Waals surface area contributed by atoms with E-state index in [9.17, 15) is 27.2 Å². The molecule has 1 aromatic heterocycles. The van der Waals surface area contributed by atoms with Crippen molar-refractivity contribution in [2.45, 2.75) is 45.5 Å². The van der Waals surface area contributed by atoms with Crippen LogP contribution in [0.4, 0.5) is 28.0 Å². The number of nitrogens with zero attached hydrogens (tertiary/aromatic N) is 6. The van der Waals surface area contributed by atoms with Crippen molar-refractivity contribution in [3.05, 3.63) is 71.0 Å². The molecular formula is C28H29ClF4N8O3. The molecule has 234 valence electrons. The number of aromatic nitrogens is 2. The number of benzene rings is 2. The lowest BCUT2D eigenvalue weighted by Crippen LogP contribution is -2.43. The van der Waals surface area contributed by atoms with Gasteiger partial charge in [0.25, 0.3) is 5.91 Å². The number of ether oxygens (including phenoxy) is 1. The number of hydrogen-bond donors (Lipinski definition) is 2. The standard InChI is InChI=1S/C28H29ClF4N8O3/c1-28(2,3)38-27(43)44-14-23(19-9-10-21(29)22(11-19)41(26(32)33)37-16-35-4)39(15-34)24(42)18-7-5-17(6-8-18)20-12-36-40(13-20)25(30)31/h5-13,15-16,23,25-26,34H,4,14H2,1-3H3,(H,38,43)/b34-15?,37-16-/t23-/m1/s1. The first-order valence-corrected chi connectivity index (χ1v) is 13.2. The van der Waals surface area contributed by atoms with Crippen molar-refractivity contribution in [1.29, 1.82) is 5.41 Å². The van der Waals surface area contributed by atoms with Crippen LogP contribution in [0.15, 0.2) is 65.0 Å². The summed E-state index contributed by atoms with van der Waals surface area (Å²) in [5.41, 5.74) is 0.239. The number of anilines is 1. The Morgan fingerprint density at radius 1 is 1.16 bits per heavy atom. The van der Waals surface area contributed by atoms with Crippen LogP contribution in [0.1, 0.15) is 49.3 Å². The molecule has 2 amide bonds. The molecule has 0 radical (unpaired) electrons. The maximum atomic E-state index is 13.9. The summed E-state index contributed by atoms with van der Waals surface area (Å²) in [6, 6.07) is 8.61. The number of hydrazone groups is 1. The Hall–Kier alpha value is -4.79. The minimum Gasteiger partial charge on any atom is -0.447 e. The SMILES string of the molecule is C=N/C=N\N(c1cc([C@@H](COC(=O)NC(C)(C)C)N(C=N)C(=O)c2ccc(-c3cnn(C(F)F)c3)cc2)ccc1Cl)C(F)F. The minimum atomic E-state index is -3.14. The van der Waals surface area contributed by atoms with E-state index in [0.717, 1.165) is 17.4 Å². The summed E-state index contributed by atoms with van der Waals surface area (Å²) < 4.78 is 59.5. The number of alkyl halides is 4. The van der Waals surface area contributed by atoms with E-state index in [1.54, 1.807) is 20.8 Å². The van der Waals surface area contributed by atoms with E-state index in [1.165, 1.54) is 48.7 Å². The first-order chi connectivity index (χ1) is 20.7. The van der Waals surface area contributed by atoms with Gasteiger partial charge in [0.15, 0.2) is 0 Å². The van der Waals surface area contributed by atoms with Gasteiger partial charge in [-0.2, -0.15) is 27.8 Å². The van der Waals surface area contributed by atoms with Gasteiger partial charge in [-0.25, -0.2) is 14.5 Å². The van der Waals surface area contributed by atoms with Gasteiger partial charge in [0.1, 0.15) is 12.9 Å². The van der Waals surface area contributed by atoms with Crippen LogP contribution in [0.25, 0.3) is 11.1 Å². The highest BCUT2D eigenvalue weighted by Crippen LogP contribution is 2.34. The summed E-state index contributed by atoms with van der Waals surface area (Å²) in [7, 11) is 0. The number of aliphatic imine (C=N–C) groups is 1. The summed E-state index contributed by atoms with van der Waals surface area (Å²) in [6.45, 7) is 1.91. The van der Waals surface area contributed by atoms with Crippen LogP contribution in [-0.4, -0.2) is 64.8 Å². The number of rotatable bonds is 12. The Labute approximate surface area is 255 Å². The molecule has 0 fully saturated rings. The molecule has 2 N–H and O–H groups in total. The molecule has 0 bridgehead atoms. The number of carbonyl (C=O) groups is 2. The summed E-state index contributed by atoms with van der Waals surface area (Å²) in [5.74, 6) is -0.712. The summed E-state index contributed by atoms with van der Waals surface area (Å²) in [6.07, 6.45) is 3.08. The predicted octanol–water partition coefficient (Wildman–Crippen LogP) is 6.59. The lowest BCUT2D eigenvalue weighted by Gasteiger charge is -2.30. The number of carbonyl (C=O) groups excluding carboxylic acids is 2. The topological polar surface area (TPSA) is 128 Å². The maximum Gasteiger partial charge on any atom is 0.407 e. The molecule has 2 aromatic carbocycles. The third-order valence-electron chi connectivity index (χ3n) is 5.87. The lowest BCUT2D eigenvalue weighted by atomic mass is 10.0. The van der Waals surface area contributed by atoms with E-state index in [-0.39, 0.29) is 26.8 Å². The largest absolute Gasteiger partial charge is 0.447 e. The van der Waals surface area contributed by atoms with Crippen LogP contribution < -0.4 is 10.3 Å². The zero-order valence-electron chi connectivity index (χ0n) is 23.8. The highest BCUT2D eigenvalue weighted by molar-refractivity contribution is 6.33. The molecule has 3 aromatic rings. The van der Waals surface area contributed by atoms with Gasteiger partial charge in [-0.05, 0) is 62.9 Å². The number of nitrogens with one attached hydrogen (secondary N) is 2. The van der Waals surface area contributed by atoms with Gasteiger partial charge in [-0.15, -0.1) is 0 Å². The van der Waals surface area contributed by atoms with E-state index < -0.39 is 43.3 Å². The van der Waals surface area contributed by atoms with Crippen molar-refractivity contribution < 1.29 is 31.9 Å². The summed E-state index contributed by atoms with van der Waals surface area (Å²) in [5, 5.41) is 18.0. The molecule has 1 atom stereocenters. The summed E-state index contributed by atoms with van der Waals surface area (Å²) >= 11 is 6.21. The number of amides is 2. The molecule has 11 nitrogen and oxygen atoms in total. The Morgan fingerprint density at radius 3 is 2.39 bits per heavy atom. The van der Waals surface area contributed by atoms with Crippen LogP contribution in [0.5, 0.6) is 0 Å². The lowest BCUT2D eigenvalue weighted by molar-refractivity contribution is 0.0566. The zero-order chi connectivity index (χ0) is 32.6. The van der Waals surface area contributed by atoms with E-state index in [0.29, 0.717) is 22.1 Å². The molecule has 44 heavy (non-hydrogen) atoms. The third-order valence-corrected chi connectivity index (χ3v) is 6.19. The van der Waals surface area contributed by atoms with Crippen molar-refractivity contribution in [2.75, 3.05) is 11.6 Å². The van der Waals surface area contributed by atoms with Gasteiger partial charge in [0.05, 0.1) is 29.3 Å². The second-order valence-corrected chi connectivity index (χ2v) is 10.5. The van der Waals surface area contributed by atoms with Crippen molar-refractivity contribution >= 4 is 48.7 Å². The molecule has 3 rings (SSSR count). The second-order valence-electron chi connectivity index (χ2n) is 10.1. The Morgan fingerprint density at radius 2 is 1.84 bits per heavy atom. The molecule has 1 heterocycles. The number of alkyl carbamates (subject to hydrolysis) is 1. The summed E-state index contributed by atoms with van der Waals surface area (Å²) in [4.78, 5) is 30.4. The molecule has 0 aliphatic rings. The molecule has 0 unspecified atom stereocenters. The average Bonchev–Trinajstić information content (AvgIpc) is 3.46. The van der Waals surface area contributed by atoms with Crippen LogP contribution >= 0.6 is 11.6 Å². The van der Waals surface area contributed by atoms with E-state index in [1.807, 2.05) is 0 Å². The first kappa shape index (κ1) is 33.7. The molecule has 0 spiro atoms. The van der Waals surface area contributed by atoms with Crippen LogP contribution in [0, 0.1) is 5.41 Å². The fourth-order valence-electron chi connectivity index (χ4n) is 3.89. The Bertz CT molecular complexity index is 1510. The van der Waals surface area contributed by atoms with Gasteiger partial charge in [0.2, 0.25) is 0 Å². The molecule has 16 heteroatoms. The Balaban J connectivity index is 2.01. The van der Waals surface area contributed by atoms with Crippen molar-refractivity contribution in [1.82, 2.24) is 20.0 Å². The van der Waals surface area contributed by atoms with Crippen LogP contribution in [-0.2, 0) is 4.74 Å². The van der Waals surface area contributed by atoms with Crippen LogP contribution in [0.3, 0.4) is 0 Å². The van der Waals surface area contributed by atoms with E-state index in [2.05, 4.69) is 27.2 Å². The first-order valence-electron chi connectivity index (χ1n) is 12.8. The van der Waals surface area contributed by atoms with Crippen LogP contribution in [0.2, 0.25) is 5.02 Å². The van der Waals surface area contributed by atoms with E-state index in [4.69, 9.17) is 21.7 Å². The van der Waals surface area contributed by atoms with Crippen molar-refractivity contribution in [3.63, 3.8) is 0 Å². The number of halogens is 5. The van der Waals surface area contributed by atoms with Crippen molar-refractivity contribution in [2.24, 2.45) is 10.1 Å². The zero-order valence-corrected chi connectivity index (χ0v) is 24.6. The minimum absolute atomic E-state index is 0.0905. The maximum absolute atomic E-state index is 13.9. The van der Waals surface area contributed by atoms with E-state index >= 15 is 0 Å². The fourth-order valence-corrected chi connectivity index (χ4v) is 4.10. The van der Waals surface area contributed by atoms with Gasteiger partial charge in [-0.3, -0.25) is 20.1 Å². The molecule has 0 saturated carbocycles. The molecule has 0 aliphatic carbocycles. The quantitative estimate of drug-likeness (QED) is 0.0762. The van der Waals surface area contributed by atoms with Gasteiger partial charge in [0, 0.05) is 22.9 Å². The molecule has 0 saturated heterocycles. The fraction of sp³-hybridized carbons (Fsp3) is 0.286. The predicted molar refractivity (Wildman–Crippen MR) is 159 cm³/mol. The average molecular weight is 637 g/mol. The molecule has 0 aliphatic heterocycles. The normalized spacial score (nSPS) is 12.3. The third kappa shape index (κ3) is 8.63. The molecular weight excluding hydrogens is 608 g/mol. The highest BCUT2D eigenvalue weighted by atomic mass is 35.5. The smallest absolute Gasteiger partial charge is 0.407 e. The van der Waals surface area contributed by atoms with Gasteiger partial charge in [-0.1, -0.05) is 29.8 Å². The van der Waals surface area contributed by atoms with Gasteiger partial charge < -0.3 is 10.1 Å². The van der Waals surface area contributed by atoms with Gasteiger partial charge >= 0.3 is 19.2 Å². The Kier molecular flexibility index (Phi) is 11.2. The number of hydrogen-bond acceptors (Lipinski definition) is 7. The monoisotopic (exact) mass is 636 g/mol.